The molecule has 24 heavy (non-hydrogen) atoms. The molecule has 0 radical (unpaired) electrons. The lowest BCUT2D eigenvalue weighted by Gasteiger charge is -2.33. The van der Waals surface area contributed by atoms with Gasteiger partial charge in [0.2, 0.25) is 0 Å². The highest BCUT2D eigenvalue weighted by molar-refractivity contribution is 5.99. The number of amides is 1. The van der Waals surface area contributed by atoms with Gasteiger partial charge in [0.25, 0.3) is 5.91 Å². The quantitative estimate of drug-likeness (QED) is 0.905. The number of hydrogen-bond acceptors (Lipinski definition) is 5. The SMILES string of the molecule is O=C(N[C@@H]1CCN2CCCC[C@@H]12)c1cccnc1N1CCOCC1. The van der Waals surface area contributed by atoms with Crippen molar-refractivity contribution in [1.82, 2.24) is 15.2 Å². The molecule has 0 aromatic carbocycles. The largest absolute Gasteiger partial charge is 0.378 e. The minimum atomic E-state index is 0.0158. The first-order valence-electron chi connectivity index (χ1n) is 9.15. The molecular formula is C18H26N4O2. The number of rotatable bonds is 3. The van der Waals surface area contributed by atoms with Crippen molar-refractivity contribution >= 4 is 11.7 Å². The molecule has 4 rings (SSSR count). The van der Waals surface area contributed by atoms with Crippen LogP contribution in [-0.4, -0.2) is 67.3 Å². The van der Waals surface area contributed by atoms with Gasteiger partial charge in [0.15, 0.2) is 0 Å². The van der Waals surface area contributed by atoms with E-state index < -0.39 is 0 Å². The number of ether oxygens (including phenoxy) is 1. The van der Waals surface area contributed by atoms with E-state index in [4.69, 9.17) is 4.74 Å². The number of carbonyl (C=O) groups excluding carboxylic acids is 1. The zero-order chi connectivity index (χ0) is 16.4. The molecule has 0 unspecified atom stereocenters. The van der Waals surface area contributed by atoms with Crippen LogP contribution in [0.25, 0.3) is 0 Å². The van der Waals surface area contributed by atoms with Crippen LogP contribution < -0.4 is 10.2 Å². The van der Waals surface area contributed by atoms with Crippen molar-refractivity contribution in [1.29, 1.82) is 0 Å². The predicted molar refractivity (Wildman–Crippen MR) is 92.4 cm³/mol. The van der Waals surface area contributed by atoms with Gasteiger partial charge < -0.3 is 15.0 Å². The van der Waals surface area contributed by atoms with Crippen LogP contribution in [0.4, 0.5) is 5.82 Å². The fourth-order valence-electron chi connectivity index (χ4n) is 4.26. The summed E-state index contributed by atoms with van der Waals surface area (Å²) in [7, 11) is 0. The van der Waals surface area contributed by atoms with Crippen molar-refractivity contribution < 1.29 is 9.53 Å². The third kappa shape index (κ3) is 3.13. The maximum Gasteiger partial charge on any atom is 0.255 e. The van der Waals surface area contributed by atoms with E-state index >= 15 is 0 Å². The lowest BCUT2D eigenvalue weighted by Crippen LogP contribution is -2.47. The molecule has 6 heteroatoms. The molecule has 1 aromatic heterocycles. The first kappa shape index (κ1) is 15.8. The normalized spacial score (nSPS) is 27.8. The maximum atomic E-state index is 12.9. The zero-order valence-electron chi connectivity index (χ0n) is 14.1. The number of pyridine rings is 1. The Bertz CT molecular complexity index is 588. The summed E-state index contributed by atoms with van der Waals surface area (Å²) in [6, 6.07) is 4.53. The second-order valence-electron chi connectivity index (χ2n) is 6.94. The number of fused-ring (bicyclic) bond motifs is 1. The molecule has 3 aliphatic heterocycles. The molecule has 3 aliphatic rings. The number of carbonyl (C=O) groups is 1. The zero-order valence-corrected chi connectivity index (χ0v) is 14.1. The number of hydrogen-bond donors (Lipinski definition) is 1. The molecule has 2 atom stereocenters. The topological polar surface area (TPSA) is 57.7 Å². The smallest absolute Gasteiger partial charge is 0.255 e. The highest BCUT2D eigenvalue weighted by Gasteiger charge is 2.36. The van der Waals surface area contributed by atoms with Gasteiger partial charge in [0, 0.05) is 37.9 Å². The van der Waals surface area contributed by atoms with Crippen molar-refractivity contribution in [2.75, 3.05) is 44.3 Å². The van der Waals surface area contributed by atoms with E-state index in [-0.39, 0.29) is 11.9 Å². The predicted octanol–water partition coefficient (Wildman–Crippen LogP) is 1.27. The molecule has 1 N–H and O–H groups in total. The summed E-state index contributed by atoms with van der Waals surface area (Å²) in [6.07, 6.45) is 6.60. The molecule has 6 nitrogen and oxygen atoms in total. The molecule has 4 heterocycles. The summed E-state index contributed by atoms with van der Waals surface area (Å²) < 4.78 is 5.41. The summed E-state index contributed by atoms with van der Waals surface area (Å²) in [5.41, 5.74) is 0.689. The van der Waals surface area contributed by atoms with Crippen molar-refractivity contribution in [3.63, 3.8) is 0 Å². The number of nitrogens with zero attached hydrogens (tertiary/aromatic N) is 3. The van der Waals surface area contributed by atoms with Crippen LogP contribution in [0, 0.1) is 0 Å². The van der Waals surface area contributed by atoms with Crippen LogP contribution >= 0.6 is 0 Å². The van der Waals surface area contributed by atoms with Crippen LogP contribution in [0.2, 0.25) is 0 Å². The molecule has 1 amide bonds. The van der Waals surface area contributed by atoms with Gasteiger partial charge >= 0.3 is 0 Å². The summed E-state index contributed by atoms with van der Waals surface area (Å²) in [4.78, 5) is 22.1. The van der Waals surface area contributed by atoms with Crippen molar-refractivity contribution in [2.45, 2.75) is 37.8 Å². The Labute approximate surface area is 143 Å². The highest BCUT2D eigenvalue weighted by atomic mass is 16.5. The molecule has 0 bridgehead atoms. The number of morpholine rings is 1. The minimum absolute atomic E-state index is 0.0158. The van der Waals surface area contributed by atoms with Gasteiger partial charge in [0.1, 0.15) is 5.82 Å². The van der Waals surface area contributed by atoms with Crippen molar-refractivity contribution in [3.05, 3.63) is 23.9 Å². The Morgan fingerprint density at radius 3 is 2.92 bits per heavy atom. The second kappa shape index (κ2) is 7.07. The average Bonchev–Trinajstić information content (AvgIpc) is 3.05. The third-order valence-corrected chi connectivity index (χ3v) is 5.51. The van der Waals surface area contributed by atoms with Crippen LogP contribution in [0.1, 0.15) is 36.0 Å². The first-order chi connectivity index (χ1) is 11.8. The lowest BCUT2D eigenvalue weighted by atomic mass is 9.99. The molecule has 130 valence electrons. The Kier molecular flexibility index (Phi) is 4.67. The summed E-state index contributed by atoms with van der Waals surface area (Å²) in [6.45, 7) is 5.25. The van der Waals surface area contributed by atoms with Gasteiger partial charge in [-0.2, -0.15) is 0 Å². The van der Waals surface area contributed by atoms with Gasteiger partial charge in [-0.3, -0.25) is 9.69 Å². The number of nitrogens with one attached hydrogen (secondary N) is 1. The Morgan fingerprint density at radius 2 is 2.04 bits per heavy atom. The second-order valence-corrected chi connectivity index (χ2v) is 6.94. The van der Waals surface area contributed by atoms with E-state index in [1.54, 1.807) is 6.20 Å². The Morgan fingerprint density at radius 1 is 1.17 bits per heavy atom. The monoisotopic (exact) mass is 330 g/mol. The van der Waals surface area contributed by atoms with E-state index in [0.29, 0.717) is 24.8 Å². The summed E-state index contributed by atoms with van der Waals surface area (Å²) in [5.74, 6) is 0.804. The number of piperidine rings is 1. The van der Waals surface area contributed by atoms with Crippen LogP contribution in [-0.2, 0) is 4.74 Å². The molecule has 3 saturated heterocycles. The maximum absolute atomic E-state index is 12.9. The van der Waals surface area contributed by atoms with Gasteiger partial charge in [-0.1, -0.05) is 6.42 Å². The third-order valence-electron chi connectivity index (χ3n) is 5.51. The van der Waals surface area contributed by atoms with Crippen molar-refractivity contribution in [2.24, 2.45) is 0 Å². The van der Waals surface area contributed by atoms with E-state index in [2.05, 4.69) is 20.1 Å². The van der Waals surface area contributed by atoms with Crippen LogP contribution in [0.5, 0.6) is 0 Å². The van der Waals surface area contributed by atoms with Gasteiger partial charge in [-0.05, 0) is 37.9 Å². The van der Waals surface area contributed by atoms with E-state index in [1.165, 1.54) is 25.8 Å². The minimum Gasteiger partial charge on any atom is -0.378 e. The van der Waals surface area contributed by atoms with Gasteiger partial charge in [0.05, 0.1) is 18.8 Å². The molecule has 0 aliphatic carbocycles. The van der Waals surface area contributed by atoms with E-state index in [9.17, 15) is 4.79 Å². The van der Waals surface area contributed by atoms with Crippen molar-refractivity contribution in [3.8, 4) is 0 Å². The molecule has 0 saturated carbocycles. The standard InChI is InChI=1S/C18H26N4O2/c23-18(20-15-6-9-21-8-2-1-5-16(15)21)14-4-3-7-19-17(14)22-10-12-24-13-11-22/h3-4,7,15-16H,1-2,5-6,8-13H2,(H,20,23)/t15-,16+/m1/s1. The number of aromatic nitrogens is 1. The summed E-state index contributed by atoms with van der Waals surface area (Å²) >= 11 is 0. The van der Waals surface area contributed by atoms with E-state index in [0.717, 1.165) is 31.9 Å². The molecule has 0 spiro atoms. The fraction of sp³-hybridized carbons (Fsp3) is 0.667. The number of anilines is 1. The highest BCUT2D eigenvalue weighted by Crippen LogP contribution is 2.28. The first-order valence-corrected chi connectivity index (χ1v) is 9.15. The van der Waals surface area contributed by atoms with Gasteiger partial charge in [-0.25, -0.2) is 4.98 Å². The van der Waals surface area contributed by atoms with Crippen LogP contribution in [0.15, 0.2) is 18.3 Å². The average molecular weight is 330 g/mol. The Hall–Kier alpha value is -1.66. The van der Waals surface area contributed by atoms with Gasteiger partial charge in [-0.15, -0.1) is 0 Å². The molecule has 1 aromatic rings. The summed E-state index contributed by atoms with van der Waals surface area (Å²) in [5, 5.41) is 3.30. The van der Waals surface area contributed by atoms with E-state index in [1.807, 2.05) is 12.1 Å². The lowest BCUT2D eigenvalue weighted by molar-refractivity contribution is 0.0913. The Balaban J connectivity index is 1.48. The van der Waals surface area contributed by atoms with Crippen LogP contribution in [0.3, 0.4) is 0 Å². The molecular weight excluding hydrogens is 304 g/mol. The molecule has 3 fully saturated rings. The fourth-order valence-corrected chi connectivity index (χ4v) is 4.26.